The Morgan fingerprint density at radius 1 is 0.328 bits per heavy atom. The molecule has 7 heteroatoms. The van der Waals surface area contributed by atoms with Crippen molar-refractivity contribution in [1.82, 2.24) is 4.40 Å². The summed E-state index contributed by atoms with van der Waals surface area (Å²) in [4.78, 5) is 4.90. The summed E-state index contributed by atoms with van der Waals surface area (Å²) in [7, 11) is 0. The first-order valence-electron chi connectivity index (χ1n) is 21.1. The molecule has 61 heavy (non-hydrogen) atoms. The van der Waals surface area contributed by atoms with Crippen LogP contribution in [0.15, 0.2) is 188 Å². The van der Waals surface area contributed by atoms with Crippen molar-refractivity contribution in [2.75, 3.05) is 9.80 Å². The number of hydrogen-bond acceptors (Lipinski definition) is 4. The molecule has 4 aliphatic heterocycles. The maximum atomic E-state index is 6.66. The number of ether oxygens (including phenoxy) is 2. The van der Waals surface area contributed by atoms with Crippen LogP contribution in [0.3, 0.4) is 0 Å². The molecule has 0 spiro atoms. The molecule has 4 aliphatic rings. The summed E-state index contributed by atoms with van der Waals surface area (Å²) in [5, 5.41) is 5.03. The van der Waals surface area contributed by atoms with Crippen LogP contribution in [0, 0.1) is 0 Å². The summed E-state index contributed by atoms with van der Waals surface area (Å²) in [6.45, 7) is 0.0390. The average Bonchev–Trinajstić information content (AvgIpc) is 3.82. The molecule has 15 rings (SSSR count). The number of para-hydroxylation sites is 5. The van der Waals surface area contributed by atoms with E-state index in [0.717, 1.165) is 45.7 Å². The van der Waals surface area contributed by atoms with Gasteiger partial charge >= 0.3 is 0 Å². The molecule has 0 saturated heterocycles. The Morgan fingerprint density at radius 3 is 1.25 bits per heavy atom. The van der Waals surface area contributed by atoms with Gasteiger partial charge in [0, 0.05) is 55.7 Å². The van der Waals surface area contributed by atoms with E-state index in [2.05, 4.69) is 202 Å². The van der Waals surface area contributed by atoms with Crippen molar-refractivity contribution in [2.45, 2.75) is 0 Å². The van der Waals surface area contributed by atoms with Gasteiger partial charge in [0.05, 0.1) is 16.6 Å². The van der Waals surface area contributed by atoms with Crippen LogP contribution in [-0.2, 0) is 0 Å². The molecule has 0 aliphatic carbocycles. The molecule has 0 saturated carbocycles. The summed E-state index contributed by atoms with van der Waals surface area (Å²) in [6, 6.07) is 68.5. The third-order valence-corrected chi connectivity index (χ3v) is 13.8. The Labute approximate surface area is 351 Å². The van der Waals surface area contributed by atoms with Gasteiger partial charge in [-0.1, -0.05) is 115 Å². The zero-order chi connectivity index (χ0) is 39.5. The van der Waals surface area contributed by atoms with Crippen molar-refractivity contribution in [3.05, 3.63) is 188 Å². The van der Waals surface area contributed by atoms with E-state index in [9.17, 15) is 0 Å². The standard InChI is InChI=1S/C54H31B2N3O2/c1-3-14-32(15-4-1)57-42-22-12-26-50-52(42)55(38-20-7-9-24-48(38)60-50)40-28-36-34-18-11-19-35-37-29-41-47(31-45(37)59(54(34)35)44(36)30-46(40)57)58(33-16-5-2-6-17-33)43-23-13-27-51-53(43)56(41)39-21-8-10-25-49(39)61-51/h1-31H. The number of hydrogen-bond donors (Lipinski definition) is 0. The second-order valence-corrected chi connectivity index (χ2v) is 16.8. The molecule has 0 unspecified atom stereocenters. The molecule has 6 heterocycles. The molecule has 280 valence electrons. The van der Waals surface area contributed by atoms with Crippen LogP contribution in [0.25, 0.3) is 38.1 Å². The minimum Gasteiger partial charge on any atom is -0.458 e. The van der Waals surface area contributed by atoms with Crippen LogP contribution in [0.1, 0.15) is 0 Å². The van der Waals surface area contributed by atoms with Crippen LogP contribution >= 0.6 is 0 Å². The molecule has 0 atom stereocenters. The zero-order valence-electron chi connectivity index (χ0n) is 32.7. The summed E-state index contributed by atoms with van der Waals surface area (Å²) in [6.07, 6.45) is 0. The minimum absolute atomic E-state index is 0.0195. The topological polar surface area (TPSA) is 29.4 Å². The van der Waals surface area contributed by atoms with Gasteiger partial charge in [0.15, 0.2) is 0 Å². The first-order valence-corrected chi connectivity index (χ1v) is 21.1. The lowest BCUT2D eigenvalue weighted by Gasteiger charge is -2.40. The van der Waals surface area contributed by atoms with Crippen LogP contribution < -0.4 is 52.1 Å². The Hall–Kier alpha value is -7.89. The molecule has 5 nitrogen and oxygen atoms in total. The highest BCUT2D eigenvalue weighted by Gasteiger charge is 2.44. The molecule has 0 fully saturated rings. The van der Waals surface area contributed by atoms with Crippen molar-refractivity contribution in [2.24, 2.45) is 0 Å². The lowest BCUT2D eigenvalue weighted by atomic mass is 9.34. The van der Waals surface area contributed by atoms with Crippen molar-refractivity contribution in [1.29, 1.82) is 0 Å². The Morgan fingerprint density at radius 2 is 0.754 bits per heavy atom. The van der Waals surface area contributed by atoms with Crippen molar-refractivity contribution >= 4 is 118 Å². The summed E-state index contributed by atoms with van der Waals surface area (Å²) in [5.41, 5.74) is 17.9. The molecular formula is C54H31B2N3O2. The SMILES string of the molecule is c1ccc(N2c3cc4c(cc3B3c5ccccc5Oc5cccc2c53)c2cccc3c5cc6c(cc5n4c23)N(c2ccccc2)c2cccc3c2B6c2ccccc2O3)cc1. The fourth-order valence-electron chi connectivity index (χ4n) is 11.4. The number of aromatic nitrogens is 1. The minimum atomic E-state index is 0.0195. The third-order valence-electron chi connectivity index (χ3n) is 13.8. The average molecular weight is 775 g/mol. The second-order valence-electron chi connectivity index (χ2n) is 16.8. The predicted molar refractivity (Wildman–Crippen MR) is 253 cm³/mol. The van der Waals surface area contributed by atoms with E-state index in [1.54, 1.807) is 0 Å². The van der Waals surface area contributed by atoms with Gasteiger partial charge in [-0.15, -0.1) is 0 Å². The van der Waals surface area contributed by atoms with Crippen LogP contribution in [-0.4, -0.2) is 17.8 Å². The zero-order valence-corrected chi connectivity index (χ0v) is 32.7. The molecule has 9 aromatic carbocycles. The summed E-state index contributed by atoms with van der Waals surface area (Å²) < 4.78 is 15.9. The predicted octanol–water partition coefficient (Wildman–Crippen LogP) is 9.65. The van der Waals surface area contributed by atoms with E-state index in [-0.39, 0.29) is 13.4 Å². The highest BCUT2D eigenvalue weighted by atomic mass is 16.5. The lowest BCUT2D eigenvalue weighted by molar-refractivity contribution is 0.487. The highest BCUT2D eigenvalue weighted by molar-refractivity contribution is 7.00. The van der Waals surface area contributed by atoms with Gasteiger partial charge in [0.25, 0.3) is 13.4 Å². The van der Waals surface area contributed by atoms with E-state index in [4.69, 9.17) is 9.47 Å². The molecule has 0 bridgehead atoms. The van der Waals surface area contributed by atoms with E-state index in [1.807, 2.05) is 0 Å². The van der Waals surface area contributed by atoms with Crippen molar-refractivity contribution in [3.8, 4) is 23.0 Å². The van der Waals surface area contributed by atoms with E-state index in [0.29, 0.717) is 0 Å². The monoisotopic (exact) mass is 775 g/mol. The largest absolute Gasteiger partial charge is 0.458 e. The number of rotatable bonds is 2. The quantitative estimate of drug-likeness (QED) is 0.164. The molecule has 11 aromatic rings. The highest BCUT2D eigenvalue weighted by Crippen LogP contribution is 2.47. The van der Waals surface area contributed by atoms with E-state index < -0.39 is 0 Å². The smallest absolute Gasteiger partial charge is 0.256 e. The normalized spacial score (nSPS) is 14.0. The van der Waals surface area contributed by atoms with Gasteiger partial charge in [0.2, 0.25) is 0 Å². The van der Waals surface area contributed by atoms with E-state index >= 15 is 0 Å². The Bertz CT molecular complexity index is 3460. The maximum Gasteiger partial charge on any atom is 0.256 e. The van der Waals surface area contributed by atoms with Crippen LogP contribution in [0.4, 0.5) is 34.1 Å². The first kappa shape index (κ1) is 32.0. The third kappa shape index (κ3) is 4.03. The Kier molecular flexibility index (Phi) is 6.00. The van der Waals surface area contributed by atoms with Crippen LogP contribution in [0.5, 0.6) is 23.0 Å². The van der Waals surface area contributed by atoms with Gasteiger partial charge in [-0.2, -0.15) is 0 Å². The van der Waals surface area contributed by atoms with Crippen molar-refractivity contribution in [3.63, 3.8) is 0 Å². The second kappa shape index (κ2) is 11.4. The molecule has 0 amide bonds. The van der Waals surface area contributed by atoms with E-state index in [1.165, 1.54) is 82.2 Å². The number of fused-ring (bicyclic) bond motifs is 14. The van der Waals surface area contributed by atoms with Gasteiger partial charge in [-0.25, -0.2) is 0 Å². The summed E-state index contributed by atoms with van der Waals surface area (Å²) in [5.74, 6) is 3.68. The lowest BCUT2D eigenvalue weighted by Crippen LogP contribution is -2.59. The first-order chi connectivity index (χ1) is 30.3. The molecule has 0 N–H and O–H groups in total. The van der Waals surface area contributed by atoms with Gasteiger partial charge in [-0.3, -0.25) is 0 Å². The molecule has 2 aromatic heterocycles. The number of benzene rings is 9. The number of nitrogens with zero attached hydrogens (tertiary/aromatic N) is 3. The fourth-order valence-corrected chi connectivity index (χ4v) is 11.4. The fraction of sp³-hybridized carbons (Fsp3) is 0. The summed E-state index contributed by atoms with van der Waals surface area (Å²) >= 11 is 0. The van der Waals surface area contributed by atoms with Gasteiger partial charge in [-0.05, 0) is 106 Å². The Balaban J connectivity index is 1.06. The molecular weight excluding hydrogens is 744 g/mol. The van der Waals surface area contributed by atoms with Gasteiger partial charge < -0.3 is 23.7 Å². The maximum absolute atomic E-state index is 6.66. The van der Waals surface area contributed by atoms with Gasteiger partial charge in [0.1, 0.15) is 23.0 Å². The van der Waals surface area contributed by atoms with Crippen LogP contribution in [0.2, 0.25) is 0 Å². The number of anilines is 6. The molecule has 0 radical (unpaired) electrons. The van der Waals surface area contributed by atoms with Crippen molar-refractivity contribution < 1.29 is 9.47 Å².